The topological polar surface area (TPSA) is 55.8 Å². The van der Waals surface area contributed by atoms with Crippen molar-refractivity contribution < 1.29 is 19.1 Å². The van der Waals surface area contributed by atoms with E-state index in [0.717, 1.165) is 12.0 Å². The van der Waals surface area contributed by atoms with Crippen LogP contribution in [0.2, 0.25) is 0 Å². The summed E-state index contributed by atoms with van der Waals surface area (Å²) in [5, 5.41) is 0. The van der Waals surface area contributed by atoms with Crippen LogP contribution in [0.5, 0.6) is 0 Å². The molecule has 0 aromatic heterocycles. The van der Waals surface area contributed by atoms with Gasteiger partial charge in [0.05, 0.1) is 18.8 Å². The molecule has 0 atom stereocenters. The first-order valence-corrected chi connectivity index (χ1v) is 6.82. The lowest BCUT2D eigenvalue weighted by molar-refractivity contribution is -0.138. The van der Waals surface area contributed by atoms with Crippen LogP contribution in [0.4, 0.5) is 0 Å². The Morgan fingerprint density at radius 2 is 1.85 bits per heavy atom. The summed E-state index contributed by atoms with van der Waals surface area (Å²) in [7, 11) is 0. The Balaban J connectivity index is 1.83. The summed E-state index contributed by atoms with van der Waals surface area (Å²) in [6.07, 6.45) is 0.921. The van der Waals surface area contributed by atoms with Crippen LogP contribution in [0, 0.1) is 0 Å². The van der Waals surface area contributed by atoms with Gasteiger partial charge in [0.2, 0.25) is 0 Å². The second-order valence-corrected chi connectivity index (χ2v) is 4.62. The average Bonchev–Trinajstić information content (AvgIpc) is 2.53. The van der Waals surface area contributed by atoms with Crippen LogP contribution >= 0.6 is 0 Å². The average molecular weight is 277 g/mol. The fourth-order valence-corrected chi connectivity index (χ4v) is 1.99. The molecule has 1 aromatic carbocycles. The van der Waals surface area contributed by atoms with Crippen molar-refractivity contribution in [2.24, 2.45) is 0 Å². The summed E-state index contributed by atoms with van der Waals surface area (Å²) in [5.74, 6) is -0.638. The van der Waals surface area contributed by atoms with Gasteiger partial charge in [-0.05, 0) is 24.1 Å². The fourth-order valence-electron chi connectivity index (χ4n) is 1.99. The molecule has 0 spiro atoms. The van der Waals surface area contributed by atoms with Gasteiger partial charge in [-0.2, -0.15) is 0 Å². The third-order valence-electron chi connectivity index (χ3n) is 3.29. The molecular formula is C15H19NO4. The normalized spacial score (nSPS) is 14.9. The first-order chi connectivity index (χ1) is 9.70. The maximum Gasteiger partial charge on any atom is 0.338 e. The van der Waals surface area contributed by atoms with Gasteiger partial charge in [-0.3, -0.25) is 4.79 Å². The monoisotopic (exact) mass is 277 g/mol. The van der Waals surface area contributed by atoms with Crippen molar-refractivity contribution in [3.05, 3.63) is 35.4 Å². The van der Waals surface area contributed by atoms with Crippen LogP contribution in [0.1, 0.15) is 22.8 Å². The molecule has 20 heavy (non-hydrogen) atoms. The van der Waals surface area contributed by atoms with Crippen LogP contribution in [0.15, 0.2) is 24.3 Å². The zero-order valence-corrected chi connectivity index (χ0v) is 11.6. The van der Waals surface area contributed by atoms with Gasteiger partial charge in [-0.1, -0.05) is 19.1 Å². The van der Waals surface area contributed by atoms with Gasteiger partial charge >= 0.3 is 5.97 Å². The van der Waals surface area contributed by atoms with Crippen LogP contribution in [-0.4, -0.2) is 49.7 Å². The molecule has 1 aliphatic heterocycles. The van der Waals surface area contributed by atoms with Crippen LogP contribution in [0.3, 0.4) is 0 Å². The highest BCUT2D eigenvalue weighted by molar-refractivity contribution is 5.91. The van der Waals surface area contributed by atoms with Crippen molar-refractivity contribution in [3.63, 3.8) is 0 Å². The highest BCUT2D eigenvalue weighted by Gasteiger charge is 2.18. The van der Waals surface area contributed by atoms with Crippen molar-refractivity contribution in [1.29, 1.82) is 0 Å². The lowest BCUT2D eigenvalue weighted by Crippen LogP contribution is -2.42. The summed E-state index contributed by atoms with van der Waals surface area (Å²) >= 11 is 0. The van der Waals surface area contributed by atoms with E-state index in [1.54, 1.807) is 17.0 Å². The molecule has 0 unspecified atom stereocenters. The Morgan fingerprint density at radius 3 is 2.45 bits per heavy atom. The van der Waals surface area contributed by atoms with Gasteiger partial charge in [0, 0.05) is 13.1 Å². The Hall–Kier alpha value is -1.88. The fraction of sp³-hybridized carbons (Fsp3) is 0.467. The highest BCUT2D eigenvalue weighted by atomic mass is 16.5. The lowest BCUT2D eigenvalue weighted by atomic mass is 10.1. The quantitative estimate of drug-likeness (QED) is 0.778. The number of esters is 1. The molecule has 5 heteroatoms. The molecule has 1 heterocycles. The molecule has 1 aliphatic rings. The van der Waals surface area contributed by atoms with E-state index in [1.807, 2.05) is 19.1 Å². The molecule has 0 N–H and O–H groups in total. The van der Waals surface area contributed by atoms with E-state index >= 15 is 0 Å². The van der Waals surface area contributed by atoms with Gasteiger partial charge in [-0.15, -0.1) is 0 Å². The molecule has 1 fully saturated rings. The number of aryl methyl sites for hydroxylation is 1. The van der Waals surface area contributed by atoms with E-state index < -0.39 is 5.97 Å². The highest BCUT2D eigenvalue weighted by Crippen LogP contribution is 2.07. The van der Waals surface area contributed by atoms with Crippen LogP contribution in [0.25, 0.3) is 0 Å². The first-order valence-electron chi connectivity index (χ1n) is 6.82. The standard InChI is InChI=1S/C15H19NO4/c1-2-12-3-5-13(6-4-12)15(18)20-11-14(17)16-7-9-19-10-8-16/h3-6H,2,7-11H2,1H3. The predicted molar refractivity (Wildman–Crippen MR) is 73.5 cm³/mol. The van der Waals surface area contributed by atoms with E-state index in [0.29, 0.717) is 31.9 Å². The predicted octanol–water partition coefficient (Wildman–Crippen LogP) is 1.26. The zero-order chi connectivity index (χ0) is 14.4. The Kier molecular flexibility index (Phi) is 5.12. The molecule has 108 valence electrons. The molecular weight excluding hydrogens is 258 g/mol. The first kappa shape index (κ1) is 14.5. The third-order valence-corrected chi connectivity index (χ3v) is 3.29. The summed E-state index contributed by atoms with van der Waals surface area (Å²) < 4.78 is 10.2. The summed E-state index contributed by atoms with van der Waals surface area (Å²) in [4.78, 5) is 25.3. The van der Waals surface area contributed by atoms with Crippen molar-refractivity contribution in [1.82, 2.24) is 4.90 Å². The molecule has 5 nitrogen and oxygen atoms in total. The number of amides is 1. The number of benzene rings is 1. The number of ether oxygens (including phenoxy) is 2. The summed E-state index contributed by atoms with van der Waals surface area (Å²) in [5.41, 5.74) is 1.63. The van der Waals surface area contributed by atoms with E-state index in [9.17, 15) is 9.59 Å². The SMILES string of the molecule is CCc1ccc(C(=O)OCC(=O)N2CCOCC2)cc1. The number of nitrogens with zero attached hydrogens (tertiary/aromatic N) is 1. The van der Waals surface area contributed by atoms with Crippen LogP contribution in [-0.2, 0) is 20.7 Å². The van der Waals surface area contributed by atoms with Gasteiger partial charge < -0.3 is 14.4 Å². The van der Waals surface area contributed by atoms with Crippen molar-refractivity contribution in [2.75, 3.05) is 32.9 Å². The number of carbonyl (C=O) groups is 2. The van der Waals surface area contributed by atoms with E-state index in [-0.39, 0.29) is 12.5 Å². The molecule has 1 saturated heterocycles. The number of hydrogen-bond acceptors (Lipinski definition) is 4. The number of morpholine rings is 1. The zero-order valence-electron chi connectivity index (χ0n) is 11.6. The second kappa shape index (κ2) is 7.05. The van der Waals surface area contributed by atoms with E-state index in [2.05, 4.69) is 0 Å². The van der Waals surface area contributed by atoms with Gasteiger partial charge in [0.1, 0.15) is 0 Å². The summed E-state index contributed by atoms with van der Waals surface area (Å²) in [6.45, 7) is 4.03. The maximum atomic E-state index is 11.8. The summed E-state index contributed by atoms with van der Waals surface area (Å²) in [6, 6.07) is 7.22. The Bertz CT molecular complexity index is 463. The molecule has 1 amide bonds. The minimum absolute atomic E-state index is 0.174. The molecule has 2 rings (SSSR count). The molecule has 0 radical (unpaired) electrons. The second-order valence-electron chi connectivity index (χ2n) is 4.62. The molecule has 1 aromatic rings. The third kappa shape index (κ3) is 3.81. The van der Waals surface area contributed by atoms with Crippen molar-refractivity contribution in [2.45, 2.75) is 13.3 Å². The largest absolute Gasteiger partial charge is 0.452 e. The lowest BCUT2D eigenvalue weighted by Gasteiger charge is -2.26. The van der Waals surface area contributed by atoms with Crippen LogP contribution < -0.4 is 0 Å². The smallest absolute Gasteiger partial charge is 0.338 e. The van der Waals surface area contributed by atoms with E-state index in [4.69, 9.17) is 9.47 Å². The van der Waals surface area contributed by atoms with Gasteiger partial charge in [0.25, 0.3) is 5.91 Å². The molecule has 0 saturated carbocycles. The van der Waals surface area contributed by atoms with Crippen molar-refractivity contribution in [3.8, 4) is 0 Å². The maximum absolute atomic E-state index is 11.8. The minimum atomic E-state index is -0.464. The number of carbonyl (C=O) groups excluding carboxylic acids is 2. The van der Waals surface area contributed by atoms with Gasteiger partial charge in [-0.25, -0.2) is 4.79 Å². The van der Waals surface area contributed by atoms with Crippen molar-refractivity contribution >= 4 is 11.9 Å². The van der Waals surface area contributed by atoms with Gasteiger partial charge in [0.15, 0.2) is 6.61 Å². The van der Waals surface area contributed by atoms with E-state index in [1.165, 1.54) is 0 Å². The minimum Gasteiger partial charge on any atom is -0.452 e. The number of rotatable bonds is 4. The Morgan fingerprint density at radius 1 is 1.20 bits per heavy atom. The Labute approximate surface area is 118 Å². The number of hydrogen-bond donors (Lipinski definition) is 0. The molecule has 0 aliphatic carbocycles. The molecule has 0 bridgehead atoms.